The first-order valence-corrected chi connectivity index (χ1v) is 9.30. The summed E-state index contributed by atoms with van der Waals surface area (Å²) in [4.78, 5) is 43.5. The van der Waals surface area contributed by atoms with E-state index >= 15 is 0 Å². The van der Waals surface area contributed by atoms with Crippen molar-refractivity contribution < 1.29 is 14.4 Å². The SMILES string of the molecule is CC(NC(=O)c1ccc2c(c1)C(=O)N(Cc1ccccc1)C2=O)c1ccccn1. The second-order valence-corrected chi connectivity index (χ2v) is 6.89. The van der Waals surface area contributed by atoms with E-state index in [-0.39, 0.29) is 35.9 Å². The van der Waals surface area contributed by atoms with Crippen LogP contribution in [-0.4, -0.2) is 27.6 Å². The molecule has 144 valence electrons. The van der Waals surface area contributed by atoms with Gasteiger partial charge in [0.2, 0.25) is 0 Å². The third-order valence-electron chi connectivity index (χ3n) is 4.90. The lowest BCUT2D eigenvalue weighted by Gasteiger charge is -2.14. The maximum absolute atomic E-state index is 12.8. The Morgan fingerprint density at radius 1 is 0.966 bits per heavy atom. The number of imide groups is 1. The lowest BCUT2D eigenvalue weighted by Crippen LogP contribution is -2.29. The number of benzene rings is 2. The number of fused-ring (bicyclic) bond motifs is 1. The Balaban J connectivity index is 1.53. The Kier molecular flexibility index (Phi) is 4.91. The van der Waals surface area contributed by atoms with Gasteiger partial charge in [-0.3, -0.25) is 24.3 Å². The maximum Gasteiger partial charge on any atom is 0.261 e. The molecule has 0 saturated heterocycles. The number of pyridine rings is 1. The van der Waals surface area contributed by atoms with E-state index in [4.69, 9.17) is 0 Å². The van der Waals surface area contributed by atoms with Crippen LogP contribution in [0, 0.1) is 0 Å². The van der Waals surface area contributed by atoms with Crippen LogP contribution >= 0.6 is 0 Å². The predicted molar refractivity (Wildman–Crippen MR) is 107 cm³/mol. The molecule has 0 fully saturated rings. The molecule has 0 aliphatic carbocycles. The first kappa shape index (κ1) is 18.6. The van der Waals surface area contributed by atoms with Crippen LogP contribution < -0.4 is 5.32 Å². The largest absolute Gasteiger partial charge is 0.344 e. The Morgan fingerprint density at radius 2 is 1.69 bits per heavy atom. The Labute approximate surface area is 168 Å². The highest BCUT2D eigenvalue weighted by atomic mass is 16.2. The van der Waals surface area contributed by atoms with Gasteiger partial charge in [-0.15, -0.1) is 0 Å². The van der Waals surface area contributed by atoms with Crippen molar-refractivity contribution in [1.82, 2.24) is 15.2 Å². The minimum atomic E-state index is -0.388. The molecule has 0 radical (unpaired) electrons. The molecule has 29 heavy (non-hydrogen) atoms. The van der Waals surface area contributed by atoms with Crippen LogP contribution in [0.15, 0.2) is 72.9 Å². The van der Waals surface area contributed by atoms with Crippen LogP contribution in [0.2, 0.25) is 0 Å². The summed E-state index contributed by atoms with van der Waals surface area (Å²) >= 11 is 0. The summed E-state index contributed by atoms with van der Waals surface area (Å²) in [5, 5.41) is 2.87. The van der Waals surface area contributed by atoms with Crippen LogP contribution in [-0.2, 0) is 6.54 Å². The molecule has 1 atom stereocenters. The van der Waals surface area contributed by atoms with Gasteiger partial charge in [0.1, 0.15) is 0 Å². The highest BCUT2D eigenvalue weighted by molar-refractivity contribution is 6.22. The van der Waals surface area contributed by atoms with Gasteiger partial charge >= 0.3 is 0 Å². The van der Waals surface area contributed by atoms with E-state index in [1.807, 2.05) is 55.5 Å². The number of amides is 3. The maximum atomic E-state index is 12.8. The number of rotatable bonds is 5. The molecule has 0 bridgehead atoms. The molecule has 0 saturated carbocycles. The number of hydrogen-bond donors (Lipinski definition) is 1. The minimum Gasteiger partial charge on any atom is -0.344 e. The average Bonchev–Trinajstić information content (AvgIpc) is 2.99. The van der Waals surface area contributed by atoms with Crippen molar-refractivity contribution in [1.29, 1.82) is 0 Å². The lowest BCUT2D eigenvalue weighted by atomic mass is 10.0. The van der Waals surface area contributed by atoms with E-state index in [1.54, 1.807) is 18.3 Å². The first-order valence-electron chi connectivity index (χ1n) is 9.30. The molecule has 2 aromatic carbocycles. The Hall–Kier alpha value is -3.80. The van der Waals surface area contributed by atoms with Crippen molar-refractivity contribution in [3.63, 3.8) is 0 Å². The van der Waals surface area contributed by atoms with E-state index in [0.717, 1.165) is 11.3 Å². The molecule has 1 aromatic heterocycles. The zero-order chi connectivity index (χ0) is 20.4. The van der Waals surface area contributed by atoms with Gasteiger partial charge in [-0.05, 0) is 42.8 Å². The van der Waals surface area contributed by atoms with Crippen LogP contribution in [0.5, 0.6) is 0 Å². The smallest absolute Gasteiger partial charge is 0.261 e. The molecule has 1 aliphatic rings. The van der Waals surface area contributed by atoms with Gasteiger partial charge < -0.3 is 5.32 Å². The van der Waals surface area contributed by atoms with Crippen molar-refractivity contribution in [3.05, 3.63) is 101 Å². The number of carbonyl (C=O) groups excluding carboxylic acids is 3. The van der Waals surface area contributed by atoms with Gasteiger partial charge in [-0.25, -0.2) is 0 Å². The van der Waals surface area contributed by atoms with Crippen molar-refractivity contribution in [2.24, 2.45) is 0 Å². The summed E-state index contributed by atoms with van der Waals surface area (Å²) in [6.45, 7) is 2.04. The minimum absolute atomic E-state index is 0.200. The Bertz CT molecular complexity index is 1080. The molecule has 0 spiro atoms. The monoisotopic (exact) mass is 385 g/mol. The number of aromatic nitrogens is 1. The van der Waals surface area contributed by atoms with Gasteiger partial charge in [-0.2, -0.15) is 0 Å². The fourth-order valence-corrected chi connectivity index (χ4v) is 3.33. The van der Waals surface area contributed by atoms with E-state index in [0.29, 0.717) is 11.1 Å². The quantitative estimate of drug-likeness (QED) is 0.683. The fourth-order valence-electron chi connectivity index (χ4n) is 3.33. The summed E-state index contributed by atoms with van der Waals surface area (Å²) in [6.07, 6.45) is 1.67. The third kappa shape index (κ3) is 3.65. The van der Waals surface area contributed by atoms with Crippen molar-refractivity contribution in [3.8, 4) is 0 Å². The third-order valence-corrected chi connectivity index (χ3v) is 4.90. The topological polar surface area (TPSA) is 79.4 Å². The second-order valence-electron chi connectivity index (χ2n) is 6.89. The molecular formula is C23H19N3O3. The molecule has 1 unspecified atom stereocenters. The molecule has 6 heteroatoms. The van der Waals surface area contributed by atoms with Gasteiger partial charge in [-0.1, -0.05) is 36.4 Å². The highest BCUT2D eigenvalue weighted by Crippen LogP contribution is 2.26. The van der Waals surface area contributed by atoms with Crippen LogP contribution in [0.4, 0.5) is 0 Å². The highest BCUT2D eigenvalue weighted by Gasteiger charge is 2.36. The van der Waals surface area contributed by atoms with E-state index < -0.39 is 0 Å². The van der Waals surface area contributed by atoms with Gasteiger partial charge in [0.05, 0.1) is 29.4 Å². The van der Waals surface area contributed by atoms with Crippen LogP contribution in [0.3, 0.4) is 0 Å². The van der Waals surface area contributed by atoms with Gasteiger partial charge in [0, 0.05) is 11.8 Å². The molecule has 2 heterocycles. The summed E-state index contributed by atoms with van der Waals surface area (Å²) in [5.74, 6) is -1.06. The summed E-state index contributed by atoms with van der Waals surface area (Å²) in [5.41, 5.74) is 2.50. The second kappa shape index (κ2) is 7.67. The van der Waals surface area contributed by atoms with Crippen LogP contribution in [0.1, 0.15) is 55.3 Å². The molecule has 1 aliphatic heterocycles. The van der Waals surface area contributed by atoms with Crippen LogP contribution in [0.25, 0.3) is 0 Å². The number of carbonyl (C=O) groups is 3. The summed E-state index contributed by atoms with van der Waals surface area (Å²) in [6, 6.07) is 19.1. The molecule has 4 rings (SSSR count). The summed E-state index contributed by atoms with van der Waals surface area (Å²) < 4.78 is 0. The Morgan fingerprint density at radius 3 is 2.41 bits per heavy atom. The molecule has 6 nitrogen and oxygen atoms in total. The first-order chi connectivity index (χ1) is 14.0. The number of nitrogens with one attached hydrogen (secondary N) is 1. The van der Waals surface area contributed by atoms with Gasteiger partial charge in [0.25, 0.3) is 17.7 Å². The van der Waals surface area contributed by atoms with Crippen molar-refractivity contribution >= 4 is 17.7 Å². The normalized spacial score (nSPS) is 13.9. The number of hydrogen-bond acceptors (Lipinski definition) is 4. The number of nitrogens with zero attached hydrogens (tertiary/aromatic N) is 2. The van der Waals surface area contributed by atoms with Crippen molar-refractivity contribution in [2.75, 3.05) is 0 Å². The van der Waals surface area contributed by atoms with E-state index in [1.165, 1.54) is 11.0 Å². The van der Waals surface area contributed by atoms with Crippen molar-refractivity contribution in [2.45, 2.75) is 19.5 Å². The van der Waals surface area contributed by atoms with E-state index in [2.05, 4.69) is 10.3 Å². The molecule has 1 N–H and O–H groups in total. The zero-order valence-corrected chi connectivity index (χ0v) is 15.8. The lowest BCUT2D eigenvalue weighted by molar-refractivity contribution is 0.0642. The standard InChI is InChI=1S/C23H19N3O3/c1-15(20-9-5-6-12-24-20)25-21(27)17-10-11-18-19(13-17)23(29)26(22(18)28)14-16-7-3-2-4-8-16/h2-13,15H,14H2,1H3,(H,25,27). The average molecular weight is 385 g/mol. The zero-order valence-electron chi connectivity index (χ0n) is 15.8. The van der Waals surface area contributed by atoms with Gasteiger partial charge in [0.15, 0.2) is 0 Å². The summed E-state index contributed by atoms with van der Waals surface area (Å²) in [7, 11) is 0. The predicted octanol–water partition coefficient (Wildman–Crippen LogP) is 3.37. The molecular weight excluding hydrogens is 366 g/mol. The van der Waals surface area contributed by atoms with E-state index in [9.17, 15) is 14.4 Å². The molecule has 3 amide bonds. The fraction of sp³-hybridized carbons (Fsp3) is 0.130. The molecule has 3 aromatic rings.